The third-order valence-corrected chi connectivity index (χ3v) is 7.75. The molecule has 3 aromatic rings. The lowest BCUT2D eigenvalue weighted by Crippen LogP contribution is -2.52. The van der Waals surface area contributed by atoms with E-state index in [1.165, 1.54) is 5.39 Å². The van der Waals surface area contributed by atoms with Crippen molar-refractivity contribution in [3.8, 4) is 0 Å². The Balaban J connectivity index is 1.73. The summed E-state index contributed by atoms with van der Waals surface area (Å²) in [5, 5.41) is 2.32. The molecule has 0 aliphatic carbocycles. The summed E-state index contributed by atoms with van der Waals surface area (Å²) in [7, 11) is -1.04. The molecule has 1 aromatic heterocycles. The highest BCUT2D eigenvalue weighted by Crippen LogP contribution is 2.39. The molecule has 2 aliphatic heterocycles. The van der Waals surface area contributed by atoms with Crippen LogP contribution >= 0.6 is 0 Å². The van der Waals surface area contributed by atoms with Gasteiger partial charge in [-0.2, -0.15) is 0 Å². The lowest BCUT2D eigenvalue weighted by Gasteiger charge is -2.32. The van der Waals surface area contributed by atoms with Crippen LogP contribution in [0, 0.1) is 0 Å². The molecular formula is C24H31B2NO4. The van der Waals surface area contributed by atoms with Gasteiger partial charge in [-0.1, -0.05) is 30.3 Å². The summed E-state index contributed by atoms with van der Waals surface area (Å²) < 4.78 is 25.9. The van der Waals surface area contributed by atoms with E-state index >= 15 is 0 Å². The first-order valence-corrected chi connectivity index (χ1v) is 11.1. The molecule has 162 valence electrons. The maximum atomic E-state index is 6.51. The summed E-state index contributed by atoms with van der Waals surface area (Å²) in [4.78, 5) is 3.61. The van der Waals surface area contributed by atoms with Crippen LogP contribution in [0.3, 0.4) is 0 Å². The van der Waals surface area contributed by atoms with Crippen molar-refractivity contribution < 1.29 is 18.6 Å². The van der Waals surface area contributed by atoms with Crippen molar-refractivity contribution in [2.75, 3.05) is 0 Å². The monoisotopic (exact) mass is 419 g/mol. The Kier molecular flexibility index (Phi) is 4.34. The second kappa shape index (κ2) is 6.38. The smallest absolute Gasteiger partial charge is 0.399 e. The molecule has 5 nitrogen and oxygen atoms in total. The Morgan fingerprint density at radius 2 is 1.13 bits per heavy atom. The van der Waals surface area contributed by atoms with Crippen LogP contribution in [0.15, 0.2) is 36.4 Å². The van der Waals surface area contributed by atoms with Gasteiger partial charge in [0.2, 0.25) is 0 Å². The van der Waals surface area contributed by atoms with Crippen molar-refractivity contribution in [3.63, 3.8) is 0 Å². The van der Waals surface area contributed by atoms with Gasteiger partial charge < -0.3 is 23.6 Å². The number of aromatic amines is 1. The zero-order valence-electron chi connectivity index (χ0n) is 19.8. The Morgan fingerprint density at radius 3 is 1.71 bits per heavy atom. The van der Waals surface area contributed by atoms with Crippen LogP contribution in [-0.2, 0) is 18.6 Å². The maximum Gasteiger partial charge on any atom is 0.496 e. The Hall–Kier alpha value is -1.79. The predicted octanol–water partition coefficient (Wildman–Crippen LogP) is 3.92. The van der Waals surface area contributed by atoms with Crippen LogP contribution in [0.2, 0.25) is 0 Å². The molecule has 0 unspecified atom stereocenters. The van der Waals surface area contributed by atoms with Gasteiger partial charge >= 0.3 is 14.2 Å². The van der Waals surface area contributed by atoms with Gasteiger partial charge in [0.15, 0.2) is 0 Å². The zero-order chi connectivity index (χ0) is 22.4. The number of aromatic nitrogens is 1. The molecule has 5 rings (SSSR count). The molecule has 0 amide bonds. The van der Waals surface area contributed by atoms with E-state index in [0.29, 0.717) is 0 Å². The van der Waals surface area contributed by atoms with Crippen molar-refractivity contribution in [1.29, 1.82) is 0 Å². The van der Waals surface area contributed by atoms with Crippen LogP contribution in [0.5, 0.6) is 0 Å². The molecule has 31 heavy (non-hydrogen) atoms. The van der Waals surface area contributed by atoms with Crippen molar-refractivity contribution in [1.82, 2.24) is 4.98 Å². The van der Waals surface area contributed by atoms with Crippen molar-refractivity contribution in [2.45, 2.75) is 77.8 Å². The molecule has 3 heterocycles. The number of benzene rings is 2. The quantitative estimate of drug-likeness (QED) is 0.640. The lowest BCUT2D eigenvalue weighted by atomic mass is 9.64. The van der Waals surface area contributed by atoms with E-state index in [4.69, 9.17) is 18.6 Å². The van der Waals surface area contributed by atoms with Gasteiger partial charge in [-0.15, -0.1) is 0 Å². The predicted molar refractivity (Wildman–Crippen MR) is 127 cm³/mol. The minimum Gasteiger partial charge on any atom is -0.399 e. The Morgan fingerprint density at radius 1 is 0.613 bits per heavy atom. The second-order valence-corrected chi connectivity index (χ2v) is 10.8. The van der Waals surface area contributed by atoms with Crippen LogP contribution < -0.4 is 10.9 Å². The number of fused-ring (bicyclic) bond motifs is 3. The summed E-state index contributed by atoms with van der Waals surface area (Å²) in [6.07, 6.45) is 0. The topological polar surface area (TPSA) is 52.7 Å². The second-order valence-electron chi connectivity index (χ2n) is 10.8. The largest absolute Gasteiger partial charge is 0.496 e. The van der Waals surface area contributed by atoms with Gasteiger partial charge in [0.05, 0.1) is 22.4 Å². The highest BCUT2D eigenvalue weighted by Gasteiger charge is 2.56. The highest BCUT2D eigenvalue weighted by molar-refractivity contribution is 6.76. The molecule has 0 atom stereocenters. The van der Waals surface area contributed by atoms with Gasteiger partial charge in [0.1, 0.15) is 0 Å². The molecular weight excluding hydrogens is 388 g/mol. The molecule has 2 saturated heterocycles. The minimum atomic E-state index is -0.532. The van der Waals surface area contributed by atoms with Crippen molar-refractivity contribution in [3.05, 3.63) is 36.4 Å². The average Bonchev–Trinajstić information content (AvgIpc) is 3.20. The van der Waals surface area contributed by atoms with Crippen LogP contribution in [0.4, 0.5) is 0 Å². The van der Waals surface area contributed by atoms with E-state index in [2.05, 4.69) is 90.7 Å². The fourth-order valence-electron chi connectivity index (χ4n) is 4.35. The molecule has 7 heteroatoms. The van der Waals surface area contributed by atoms with E-state index in [0.717, 1.165) is 27.3 Å². The van der Waals surface area contributed by atoms with Gasteiger partial charge in [-0.3, -0.25) is 0 Å². The SMILES string of the molecule is CC1(C)OB(c2ccc3c([nH]c4ccccc43)c2B2OC(C)(C)C(C)(C)O2)OC1(C)C. The number of nitrogens with one attached hydrogen (secondary N) is 1. The Bertz CT molecular complexity index is 1150. The van der Waals surface area contributed by atoms with Crippen molar-refractivity contribution >= 4 is 47.0 Å². The first-order chi connectivity index (χ1) is 14.3. The normalized spacial score (nSPS) is 23.9. The molecule has 0 saturated carbocycles. The standard InChI is InChI=1S/C24H31B2NO4/c1-21(2)22(3,4)29-25(28-21)17-14-13-16-15-11-9-10-12-18(15)27-20(16)19(17)26-30-23(5,6)24(7,8)31-26/h9-14,27H,1-8H3. The minimum absolute atomic E-state index is 0.430. The van der Waals surface area contributed by atoms with Crippen molar-refractivity contribution in [2.24, 2.45) is 0 Å². The number of hydrogen-bond acceptors (Lipinski definition) is 4. The molecule has 2 aromatic carbocycles. The molecule has 1 N–H and O–H groups in total. The van der Waals surface area contributed by atoms with Gasteiger partial charge in [-0.25, -0.2) is 0 Å². The first-order valence-electron chi connectivity index (χ1n) is 11.1. The van der Waals surface area contributed by atoms with Gasteiger partial charge in [-0.05, 0) is 66.9 Å². The average molecular weight is 419 g/mol. The van der Waals surface area contributed by atoms with E-state index in [1.54, 1.807) is 0 Å². The summed E-state index contributed by atoms with van der Waals surface area (Å²) in [5.74, 6) is 0. The lowest BCUT2D eigenvalue weighted by molar-refractivity contribution is 0.00578. The van der Waals surface area contributed by atoms with Crippen LogP contribution in [-0.4, -0.2) is 41.6 Å². The summed E-state index contributed by atoms with van der Waals surface area (Å²) in [5.41, 5.74) is 2.23. The summed E-state index contributed by atoms with van der Waals surface area (Å²) in [6.45, 7) is 16.6. The van der Waals surface area contributed by atoms with Gasteiger partial charge in [0.25, 0.3) is 0 Å². The zero-order valence-corrected chi connectivity index (χ0v) is 19.8. The molecule has 2 fully saturated rings. The molecule has 0 radical (unpaired) electrons. The van der Waals surface area contributed by atoms with Crippen LogP contribution in [0.25, 0.3) is 21.8 Å². The fourth-order valence-corrected chi connectivity index (χ4v) is 4.35. The Labute approximate surface area is 185 Å². The van der Waals surface area contributed by atoms with E-state index in [-0.39, 0.29) is 0 Å². The molecule has 0 bridgehead atoms. The fraction of sp³-hybridized carbons (Fsp3) is 0.500. The maximum absolute atomic E-state index is 6.51. The summed E-state index contributed by atoms with van der Waals surface area (Å²) >= 11 is 0. The van der Waals surface area contributed by atoms with Crippen LogP contribution in [0.1, 0.15) is 55.4 Å². The number of para-hydroxylation sites is 1. The molecule has 0 spiro atoms. The van der Waals surface area contributed by atoms with E-state index < -0.39 is 36.6 Å². The van der Waals surface area contributed by atoms with E-state index in [1.807, 2.05) is 6.07 Å². The number of rotatable bonds is 2. The van der Waals surface area contributed by atoms with Gasteiger partial charge in [0, 0.05) is 27.3 Å². The van der Waals surface area contributed by atoms with E-state index in [9.17, 15) is 0 Å². The molecule has 2 aliphatic rings. The third kappa shape index (κ3) is 3.01. The number of hydrogen-bond donors (Lipinski definition) is 1. The summed E-state index contributed by atoms with van der Waals surface area (Å²) in [6, 6.07) is 12.6. The number of H-pyrrole nitrogens is 1. The first kappa shape index (κ1) is 21.1. The third-order valence-electron chi connectivity index (χ3n) is 7.75. The highest BCUT2D eigenvalue weighted by atomic mass is 16.7.